The molecule has 0 spiro atoms. The van der Waals surface area contributed by atoms with E-state index in [0.29, 0.717) is 22.8 Å². The molecule has 9 heteroatoms. The number of sulfonamides is 1. The van der Waals surface area contributed by atoms with E-state index in [2.05, 4.69) is 5.32 Å². The molecule has 3 aromatic carbocycles. The maximum absolute atomic E-state index is 14.0. The molecule has 0 unspecified atom stereocenters. The predicted octanol–water partition coefficient (Wildman–Crippen LogP) is 5.79. The number of benzene rings is 3. The summed E-state index contributed by atoms with van der Waals surface area (Å²) < 4.78 is 29.1. The van der Waals surface area contributed by atoms with Gasteiger partial charge in [0, 0.05) is 18.1 Å². The van der Waals surface area contributed by atoms with Gasteiger partial charge in [0.05, 0.1) is 10.6 Å². The third-order valence-electron chi connectivity index (χ3n) is 6.91. The first-order valence-electron chi connectivity index (χ1n) is 13.4. The minimum atomic E-state index is -4.14. The van der Waals surface area contributed by atoms with Crippen LogP contribution < -0.4 is 9.62 Å². The molecule has 1 atom stereocenters. The van der Waals surface area contributed by atoms with Gasteiger partial charge >= 0.3 is 0 Å². The Balaban J connectivity index is 2.04. The molecule has 0 saturated heterocycles. The molecule has 3 rings (SSSR count). The van der Waals surface area contributed by atoms with Crippen molar-refractivity contribution in [2.45, 2.75) is 64.9 Å². The summed E-state index contributed by atoms with van der Waals surface area (Å²) in [4.78, 5) is 28.6. The molecule has 1 N–H and O–H groups in total. The molecule has 7 nitrogen and oxygen atoms in total. The van der Waals surface area contributed by atoms with E-state index in [1.54, 1.807) is 44.2 Å². The minimum Gasteiger partial charge on any atom is -0.354 e. The number of rotatable bonds is 12. The van der Waals surface area contributed by atoms with Crippen LogP contribution >= 0.6 is 11.6 Å². The Labute approximate surface area is 243 Å². The number of hydrogen-bond acceptors (Lipinski definition) is 4. The lowest BCUT2D eigenvalue weighted by molar-refractivity contribution is -0.139. The van der Waals surface area contributed by atoms with Crippen LogP contribution in [0.5, 0.6) is 0 Å². The lowest BCUT2D eigenvalue weighted by Gasteiger charge is -2.32. The largest absolute Gasteiger partial charge is 0.354 e. The van der Waals surface area contributed by atoms with E-state index in [1.807, 2.05) is 45.0 Å². The van der Waals surface area contributed by atoms with Gasteiger partial charge in [-0.2, -0.15) is 0 Å². The number of anilines is 1. The highest BCUT2D eigenvalue weighted by molar-refractivity contribution is 7.92. The van der Waals surface area contributed by atoms with E-state index in [1.165, 1.54) is 17.0 Å². The zero-order chi connectivity index (χ0) is 29.4. The van der Waals surface area contributed by atoms with E-state index >= 15 is 0 Å². The van der Waals surface area contributed by atoms with E-state index < -0.39 is 28.5 Å². The Hall–Kier alpha value is -3.36. The van der Waals surface area contributed by atoms with Gasteiger partial charge < -0.3 is 10.2 Å². The molecule has 0 heterocycles. The van der Waals surface area contributed by atoms with E-state index in [9.17, 15) is 18.0 Å². The van der Waals surface area contributed by atoms with Gasteiger partial charge in [-0.15, -0.1) is 0 Å². The van der Waals surface area contributed by atoms with E-state index in [-0.39, 0.29) is 17.3 Å². The molecular formula is C31H38ClN3O4S. The van der Waals surface area contributed by atoms with Crippen LogP contribution in [-0.2, 0) is 26.2 Å². The number of carbonyl (C=O) groups is 2. The topological polar surface area (TPSA) is 86.8 Å². The molecule has 0 aliphatic rings. The molecule has 0 aromatic heterocycles. The van der Waals surface area contributed by atoms with Crippen LogP contribution in [0.2, 0.25) is 5.02 Å². The van der Waals surface area contributed by atoms with Crippen molar-refractivity contribution in [1.82, 2.24) is 10.2 Å². The Bertz CT molecular complexity index is 1440. The number of nitrogens with one attached hydrogen (secondary N) is 1. The third kappa shape index (κ3) is 7.64. The second-order valence-corrected chi connectivity index (χ2v) is 12.3. The summed E-state index contributed by atoms with van der Waals surface area (Å²) in [6, 6.07) is 18.2. The SMILES string of the molecule is CCCCNC(=O)[C@H](C)N(Cc1ccccc1C)C(=O)CN(c1ccc(Cl)cc1C)S(=O)(=O)c1ccc(C)cc1. The number of aryl methyl sites for hydroxylation is 3. The highest BCUT2D eigenvalue weighted by atomic mass is 35.5. The minimum absolute atomic E-state index is 0.0658. The quantitative estimate of drug-likeness (QED) is 0.273. The molecule has 0 radical (unpaired) electrons. The average Bonchev–Trinajstić information content (AvgIpc) is 2.91. The van der Waals surface area contributed by atoms with Crippen molar-refractivity contribution in [3.8, 4) is 0 Å². The van der Waals surface area contributed by atoms with Crippen LogP contribution in [0, 0.1) is 20.8 Å². The molecule has 0 aliphatic heterocycles. The average molecular weight is 584 g/mol. The van der Waals surface area contributed by atoms with Crippen molar-refractivity contribution in [3.05, 3.63) is 94.0 Å². The molecule has 40 heavy (non-hydrogen) atoms. The maximum Gasteiger partial charge on any atom is 0.264 e. The number of halogens is 1. The number of hydrogen-bond donors (Lipinski definition) is 1. The van der Waals surface area contributed by atoms with Gasteiger partial charge in [-0.25, -0.2) is 8.42 Å². The Morgan fingerprint density at radius 2 is 1.62 bits per heavy atom. The molecule has 0 bridgehead atoms. The summed E-state index contributed by atoms with van der Waals surface area (Å²) in [6.07, 6.45) is 1.75. The summed E-state index contributed by atoms with van der Waals surface area (Å²) in [5.41, 5.74) is 3.70. The molecule has 2 amide bonds. The van der Waals surface area contributed by atoms with Gasteiger partial charge in [0.25, 0.3) is 10.0 Å². The normalized spacial score (nSPS) is 12.1. The van der Waals surface area contributed by atoms with Gasteiger partial charge in [-0.05, 0) is 81.1 Å². The molecule has 0 aliphatic carbocycles. The Morgan fingerprint density at radius 1 is 0.950 bits per heavy atom. The number of amides is 2. The third-order valence-corrected chi connectivity index (χ3v) is 8.92. The predicted molar refractivity (Wildman–Crippen MR) is 161 cm³/mol. The van der Waals surface area contributed by atoms with E-state index in [0.717, 1.165) is 33.8 Å². The smallest absolute Gasteiger partial charge is 0.264 e. The van der Waals surface area contributed by atoms with Gasteiger partial charge in [0.15, 0.2) is 0 Å². The Morgan fingerprint density at radius 3 is 2.25 bits per heavy atom. The standard InChI is InChI=1S/C31H38ClN3O4S/c1-6-7-18-33-31(37)25(5)34(20-26-11-9-8-10-23(26)3)30(36)21-35(29-17-14-27(32)19-24(29)4)40(38,39)28-15-12-22(2)13-16-28/h8-17,19,25H,6-7,18,20-21H2,1-5H3,(H,33,37)/t25-/m0/s1. The fourth-order valence-corrected chi connectivity index (χ4v) is 6.04. The van der Waals surface area contributed by atoms with Gasteiger partial charge in [0.2, 0.25) is 11.8 Å². The molecular weight excluding hydrogens is 546 g/mol. The van der Waals surface area contributed by atoms with Gasteiger partial charge in [0.1, 0.15) is 12.6 Å². The van der Waals surface area contributed by atoms with Crippen molar-refractivity contribution in [2.75, 3.05) is 17.4 Å². The van der Waals surface area contributed by atoms with Crippen LogP contribution in [0.1, 0.15) is 48.9 Å². The zero-order valence-electron chi connectivity index (χ0n) is 23.8. The monoisotopic (exact) mass is 583 g/mol. The van der Waals surface area contributed by atoms with Crippen molar-refractivity contribution in [1.29, 1.82) is 0 Å². The van der Waals surface area contributed by atoms with Crippen LogP contribution in [0.25, 0.3) is 0 Å². The van der Waals surface area contributed by atoms with Gasteiger partial charge in [-0.3, -0.25) is 13.9 Å². The number of carbonyl (C=O) groups excluding carboxylic acids is 2. The van der Waals surface area contributed by atoms with Crippen molar-refractivity contribution in [3.63, 3.8) is 0 Å². The van der Waals surface area contributed by atoms with Crippen molar-refractivity contribution < 1.29 is 18.0 Å². The molecule has 0 saturated carbocycles. The summed E-state index contributed by atoms with van der Waals surface area (Å²) >= 11 is 6.17. The van der Waals surface area contributed by atoms with Crippen LogP contribution in [0.4, 0.5) is 5.69 Å². The zero-order valence-corrected chi connectivity index (χ0v) is 25.3. The summed E-state index contributed by atoms with van der Waals surface area (Å²) in [5.74, 6) is -0.780. The highest BCUT2D eigenvalue weighted by Crippen LogP contribution is 2.29. The molecule has 214 valence electrons. The van der Waals surface area contributed by atoms with Crippen molar-refractivity contribution in [2.24, 2.45) is 0 Å². The lowest BCUT2D eigenvalue weighted by atomic mass is 10.1. The van der Waals surface area contributed by atoms with Crippen molar-refractivity contribution >= 4 is 39.1 Å². The first-order valence-corrected chi connectivity index (χ1v) is 15.2. The Kier molecular flexibility index (Phi) is 10.8. The second kappa shape index (κ2) is 13.8. The summed E-state index contributed by atoms with van der Waals surface area (Å²) in [7, 11) is -4.14. The lowest BCUT2D eigenvalue weighted by Crippen LogP contribution is -2.51. The van der Waals surface area contributed by atoms with Crippen LogP contribution in [0.15, 0.2) is 71.6 Å². The summed E-state index contributed by atoms with van der Waals surface area (Å²) in [5, 5.41) is 3.36. The van der Waals surface area contributed by atoms with Crippen LogP contribution in [0.3, 0.4) is 0 Å². The van der Waals surface area contributed by atoms with Crippen LogP contribution in [-0.4, -0.2) is 44.3 Å². The first-order chi connectivity index (χ1) is 18.9. The number of nitrogens with zero attached hydrogens (tertiary/aromatic N) is 2. The maximum atomic E-state index is 14.0. The summed E-state index contributed by atoms with van der Waals surface area (Å²) in [6.45, 7) is 9.44. The fourth-order valence-electron chi connectivity index (χ4n) is 4.34. The number of unbranched alkanes of at least 4 members (excludes halogenated alkanes) is 1. The van der Waals surface area contributed by atoms with E-state index in [4.69, 9.17) is 11.6 Å². The highest BCUT2D eigenvalue weighted by Gasteiger charge is 2.33. The molecule has 3 aromatic rings. The fraction of sp³-hybridized carbons (Fsp3) is 0.355. The molecule has 0 fully saturated rings. The van der Waals surface area contributed by atoms with Gasteiger partial charge in [-0.1, -0.05) is 66.9 Å². The second-order valence-electron chi connectivity index (χ2n) is 10.0. The first kappa shape index (κ1) is 31.2.